The molecule has 2 aromatic carbocycles. The van der Waals surface area contributed by atoms with Crippen LogP contribution >= 0.6 is 11.6 Å². The first-order valence-corrected chi connectivity index (χ1v) is 7.82. The van der Waals surface area contributed by atoms with Crippen molar-refractivity contribution >= 4 is 28.3 Å². The van der Waals surface area contributed by atoms with Crippen LogP contribution in [0.1, 0.15) is 18.9 Å². The first-order chi connectivity index (χ1) is 10.7. The molecule has 0 bridgehead atoms. The molecule has 1 aromatic heterocycles. The molecule has 0 fully saturated rings. The minimum Gasteiger partial charge on any atom is -0.388 e. The molecule has 0 unspecified atom stereocenters. The van der Waals surface area contributed by atoms with E-state index in [2.05, 4.69) is 40.4 Å². The van der Waals surface area contributed by atoms with Crippen molar-refractivity contribution in [3.63, 3.8) is 0 Å². The molecule has 0 saturated carbocycles. The lowest BCUT2D eigenvalue weighted by Crippen LogP contribution is -1.96. The van der Waals surface area contributed by atoms with Gasteiger partial charge in [-0.2, -0.15) is 0 Å². The standard InChI is InChI=1S/C18H18ClN3/c1-3-4-12-5-6-13(9-16(12)20-2)15-10-14(19)11-17-18(15)22-8-7-21-17/h5-11,20H,3-4H2,1-2H3. The van der Waals surface area contributed by atoms with Gasteiger partial charge in [0.1, 0.15) is 0 Å². The van der Waals surface area contributed by atoms with Crippen molar-refractivity contribution in [2.24, 2.45) is 0 Å². The maximum atomic E-state index is 6.24. The Bertz CT molecular complexity index is 815. The van der Waals surface area contributed by atoms with E-state index >= 15 is 0 Å². The Kier molecular flexibility index (Phi) is 4.25. The number of rotatable bonds is 4. The van der Waals surface area contributed by atoms with Crippen LogP contribution in [-0.4, -0.2) is 17.0 Å². The van der Waals surface area contributed by atoms with E-state index in [1.807, 2.05) is 19.2 Å². The fourth-order valence-corrected chi connectivity index (χ4v) is 2.94. The number of nitrogens with zero attached hydrogens (tertiary/aromatic N) is 2. The van der Waals surface area contributed by atoms with E-state index in [-0.39, 0.29) is 0 Å². The van der Waals surface area contributed by atoms with Gasteiger partial charge in [-0.3, -0.25) is 9.97 Å². The highest BCUT2D eigenvalue weighted by Gasteiger charge is 2.10. The van der Waals surface area contributed by atoms with E-state index in [1.54, 1.807) is 12.4 Å². The Balaban J connectivity index is 2.19. The Hall–Kier alpha value is -2.13. The van der Waals surface area contributed by atoms with Gasteiger partial charge in [-0.25, -0.2) is 0 Å². The minimum absolute atomic E-state index is 0.673. The molecule has 0 amide bonds. The number of fused-ring (bicyclic) bond motifs is 1. The van der Waals surface area contributed by atoms with Crippen LogP contribution in [0.5, 0.6) is 0 Å². The lowest BCUT2D eigenvalue weighted by molar-refractivity contribution is 0.923. The highest BCUT2D eigenvalue weighted by molar-refractivity contribution is 6.31. The quantitative estimate of drug-likeness (QED) is 0.741. The summed E-state index contributed by atoms with van der Waals surface area (Å²) in [5.74, 6) is 0. The molecule has 4 heteroatoms. The molecule has 0 radical (unpaired) electrons. The average Bonchev–Trinajstić information content (AvgIpc) is 2.54. The van der Waals surface area contributed by atoms with E-state index in [0.29, 0.717) is 5.02 Å². The molecule has 0 saturated heterocycles. The van der Waals surface area contributed by atoms with Crippen molar-refractivity contribution in [2.45, 2.75) is 19.8 Å². The van der Waals surface area contributed by atoms with E-state index in [0.717, 1.165) is 40.7 Å². The third-order valence-electron chi connectivity index (χ3n) is 3.75. The molecule has 3 aromatic rings. The summed E-state index contributed by atoms with van der Waals surface area (Å²) in [6.45, 7) is 2.19. The van der Waals surface area contributed by atoms with Gasteiger partial charge in [0.15, 0.2) is 0 Å². The smallest absolute Gasteiger partial charge is 0.0966 e. The Labute approximate surface area is 135 Å². The molecule has 3 nitrogen and oxygen atoms in total. The lowest BCUT2D eigenvalue weighted by atomic mass is 9.99. The lowest BCUT2D eigenvalue weighted by Gasteiger charge is -2.12. The molecule has 0 aliphatic rings. The van der Waals surface area contributed by atoms with Gasteiger partial charge >= 0.3 is 0 Å². The zero-order valence-electron chi connectivity index (χ0n) is 12.7. The Morgan fingerprint density at radius 1 is 1.09 bits per heavy atom. The molecular formula is C18H18ClN3. The molecular weight excluding hydrogens is 294 g/mol. The number of halogens is 1. The van der Waals surface area contributed by atoms with Crippen LogP contribution in [0.15, 0.2) is 42.7 Å². The van der Waals surface area contributed by atoms with E-state index < -0.39 is 0 Å². The summed E-state index contributed by atoms with van der Waals surface area (Å²) in [7, 11) is 1.95. The van der Waals surface area contributed by atoms with Crippen molar-refractivity contribution in [2.75, 3.05) is 12.4 Å². The Morgan fingerprint density at radius 3 is 2.68 bits per heavy atom. The molecule has 0 atom stereocenters. The number of aryl methyl sites for hydroxylation is 1. The van der Waals surface area contributed by atoms with Crippen LogP contribution in [0, 0.1) is 0 Å². The van der Waals surface area contributed by atoms with Crippen molar-refractivity contribution in [3.05, 3.63) is 53.3 Å². The monoisotopic (exact) mass is 311 g/mol. The third-order valence-corrected chi connectivity index (χ3v) is 3.97. The highest BCUT2D eigenvalue weighted by atomic mass is 35.5. The first-order valence-electron chi connectivity index (χ1n) is 7.44. The van der Waals surface area contributed by atoms with E-state index in [9.17, 15) is 0 Å². The maximum absolute atomic E-state index is 6.24. The number of hydrogen-bond donors (Lipinski definition) is 1. The molecule has 0 aliphatic heterocycles. The normalized spacial score (nSPS) is 10.9. The summed E-state index contributed by atoms with van der Waals surface area (Å²) in [5, 5.41) is 3.96. The minimum atomic E-state index is 0.673. The van der Waals surface area contributed by atoms with Crippen LogP contribution in [-0.2, 0) is 6.42 Å². The summed E-state index contributed by atoms with van der Waals surface area (Å²) in [4.78, 5) is 8.83. The predicted molar refractivity (Wildman–Crippen MR) is 93.5 cm³/mol. The van der Waals surface area contributed by atoms with Gasteiger partial charge in [0, 0.05) is 35.7 Å². The van der Waals surface area contributed by atoms with Crippen molar-refractivity contribution in [3.8, 4) is 11.1 Å². The van der Waals surface area contributed by atoms with Crippen LogP contribution in [0.3, 0.4) is 0 Å². The topological polar surface area (TPSA) is 37.8 Å². The van der Waals surface area contributed by atoms with Crippen LogP contribution < -0.4 is 5.32 Å². The van der Waals surface area contributed by atoms with Gasteiger partial charge in [-0.1, -0.05) is 37.1 Å². The highest BCUT2D eigenvalue weighted by Crippen LogP contribution is 2.32. The summed E-state index contributed by atoms with van der Waals surface area (Å²) in [6, 6.07) is 10.3. The largest absolute Gasteiger partial charge is 0.388 e. The molecule has 3 rings (SSSR count). The van der Waals surface area contributed by atoms with Crippen LogP contribution in [0.25, 0.3) is 22.2 Å². The zero-order chi connectivity index (χ0) is 15.5. The summed E-state index contributed by atoms with van der Waals surface area (Å²) in [5.41, 5.74) is 6.26. The van der Waals surface area contributed by atoms with Crippen molar-refractivity contribution < 1.29 is 0 Å². The fourth-order valence-electron chi connectivity index (χ4n) is 2.72. The second kappa shape index (κ2) is 6.32. The maximum Gasteiger partial charge on any atom is 0.0966 e. The summed E-state index contributed by atoms with van der Waals surface area (Å²) >= 11 is 6.24. The number of benzene rings is 2. The zero-order valence-corrected chi connectivity index (χ0v) is 13.5. The molecule has 0 spiro atoms. The average molecular weight is 312 g/mol. The number of hydrogen-bond acceptors (Lipinski definition) is 3. The van der Waals surface area contributed by atoms with Gasteiger partial charge in [0.2, 0.25) is 0 Å². The van der Waals surface area contributed by atoms with E-state index in [4.69, 9.17) is 11.6 Å². The number of nitrogens with one attached hydrogen (secondary N) is 1. The summed E-state index contributed by atoms with van der Waals surface area (Å²) in [6.07, 6.45) is 5.59. The van der Waals surface area contributed by atoms with Crippen molar-refractivity contribution in [1.29, 1.82) is 0 Å². The molecule has 1 N–H and O–H groups in total. The van der Waals surface area contributed by atoms with Crippen molar-refractivity contribution in [1.82, 2.24) is 9.97 Å². The second-order valence-corrected chi connectivity index (χ2v) is 5.69. The number of anilines is 1. The second-order valence-electron chi connectivity index (χ2n) is 5.25. The van der Waals surface area contributed by atoms with Gasteiger partial charge in [-0.15, -0.1) is 0 Å². The fraction of sp³-hybridized carbons (Fsp3) is 0.222. The van der Waals surface area contributed by atoms with Gasteiger partial charge in [-0.05, 0) is 35.7 Å². The summed E-state index contributed by atoms with van der Waals surface area (Å²) < 4.78 is 0. The number of aromatic nitrogens is 2. The van der Waals surface area contributed by atoms with E-state index in [1.165, 1.54) is 5.56 Å². The van der Waals surface area contributed by atoms with Gasteiger partial charge in [0.25, 0.3) is 0 Å². The first kappa shape index (κ1) is 14.8. The molecule has 22 heavy (non-hydrogen) atoms. The van der Waals surface area contributed by atoms with Gasteiger partial charge < -0.3 is 5.32 Å². The SMILES string of the molecule is CCCc1ccc(-c2cc(Cl)cc3nccnc23)cc1NC. The molecule has 1 heterocycles. The predicted octanol–water partition coefficient (Wildman–Crippen LogP) is 4.94. The van der Waals surface area contributed by atoms with Crippen LogP contribution in [0.2, 0.25) is 5.02 Å². The molecule has 112 valence electrons. The third kappa shape index (κ3) is 2.77. The Morgan fingerprint density at radius 2 is 1.91 bits per heavy atom. The molecule has 0 aliphatic carbocycles. The van der Waals surface area contributed by atoms with Gasteiger partial charge in [0.05, 0.1) is 11.0 Å². The van der Waals surface area contributed by atoms with Crippen LogP contribution in [0.4, 0.5) is 5.69 Å².